The molecule has 4 aliphatic heterocycles. The maximum Gasteiger partial charge on any atom is 1.00 e. The topological polar surface area (TPSA) is 183 Å². The Labute approximate surface area is 624 Å². The first-order valence-corrected chi connectivity index (χ1v) is 31.9. The standard InChI is InChI=1S/C44H37N4O.C18H36N2O6.C9H10BN6.Ce.K/c1-24-20-26(3)40(27(4)21-24)43-36-14-12-32(45-36)33-13-15-37(46-33)44(41-28(5)22-25(2)23-29(41)6)39-19-17-35(48-39)42(34-16-18-38(43)47-34)30-8-10-31(49-7)11-9-30;1-7-21-13-14-24-10-4-20-5-11-25-17-15-22-8-2-19(1)3-9-23-16-18-26-12-6-20;1-4-11-14(7-1)10(15-8-2-5-12-15)16-9-3-6-13-16;;/h8-23H,1-7H3;1-18H2;1-10H;;/q-1;;-1;;+1/p+2. The zero-order valence-electron chi connectivity index (χ0n) is 55.2. The van der Waals surface area contributed by atoms with Crippen LogP contribution >= 0.6 is 0 Å². The minimum atomic E-state index is -1.12. The van der Waals surface area contributed by atoms with Crippen LogP contribution in [0, 0.1) is 101 Å². The second-order valence-electron chi connectivity index (χ2n) is 23.5. The van der Waals surface area contributed by atoms with Gasteiger partial charge in [-0.25, -0.2) is 15.3 Å². The number of hydrogen-bond acceptors (Lipinski definition) is 10. The van der Waals surface area contributed by atoms with Crippen molar-refractivity contribution in [3.05, 3.63) is 254 Å². The average Bonchev–Trinajstić information content (AvgIpc) is 1.67. The number of hydrogen-bond donors (Lipinski definition) is 2. The van der Waals surface area contributed by atoms with Crippen molar-refractivity contribution in [1.29, 1.82) is 0 Å². The smallest absolute Gasteiger partial charge is 0.644 e. The van der Waals surface area contributed by atoms with E-state index in [4.69, 9.17) is 53.1 Å². The van der Waals surface area contributed by atoms with E-state index in [9.17, 15) is 0 Å². The van der Waals surface area contributed by atoms with Crippen LogP contribution in [-0.4, -0.2) is 162 Å². The molecule has 93 heavy (non-hydrogen) atoms. The van der Waals surface area contributed by atoms with Crippen molar-refractivity contribution < 1.29 is 136 Å². The Kier molecular flexibility index (Phi) is 27.9. The van der Waals surface area contributed by atoms with Crippen molar-refractivity contribution in [1.82, 2.24) is 49.0 Å². The van der Waals surface area contributed by atoms with Gasteiger partial charge in [0.1, 0.15) is 45.0 Å². The summed E-state index contributed by atoms with van der Waals surface area (Å²) >= 11 is 0. The van der Waals surface area contributed by atoms with Crippen LogP contribution in [0.3, 0.4) is 0 Å². The van der Waals surface area contributed by atoms with E-state index in [0.717, 1.165) is 165 Å². The van der Waals surface area contributed by atoms with Gasteiger partial charge in [-0.1, -0.05) is 11.4 Å². The predicted octanol–water partition coefficient (Wildman–Crippen LogP) is 2.24. The first-order valence-electron chi connectivity index (χ1n) is 31.9. The fourth-order valence-electron chi connectivity index (χ4n) is 12.5. The van der Waals surface area contributed by atoms with Crippen LogP contribution in [0.2, 0.25) is 0 Å². The summed E-state index contributed by atoms with van der Waals surface area (Å²) in [4.78, 5) is 24.1. The second-order valence-corrected chi connectivity index (χ2v) is 23.5. The maximum atomic E-state index is 5.73. The number of quaternary nitrogens is 2. The van der Waals surface area contributed by atoms with Gasteiger partial charge in [0.25, 0.3) is 0 Å². The second kappa shape index (κ2) is 36.1. The molecule has 478 valence electrons. The van der Waals surface area contributed by atoms with E-state index in [1.807, 2.05) is 62.7 Å². The fraction of sp³-hybridized carbons (Fsp3) is 0.352. The molecule has 11 heterocycles. The van der Waals surface area contributed by atoms with E-state index in [2.05, 4.69) is 142 Å². The average molecular weight is 1410 g/mol. The summed E-state index contributed by atoms with van der Waals surface area (Å²) in [6.07, 6.45) is 11.0. The van der Waals surface area contributed by atoms with E-state index in [1.165, 1.54) is 43.2 Å². The molecule has 0 atom stereocenters. The molecule has 10 aromatic rings. The molecule has 0 amide bonds. The van der Waals surface area contributed by atoms with Crippen molar-refractivity contribution in [2.24, 2.45) is 0 Å². The molecular formula is C71H85BCeKN12O7+. The molecule has 3 saturated heterocycles. The number of nitrogens with zero attached hydrogens (tertiary/aromatic N) is 10. The molecule has 0 unspecified atom stereocenters. The first-order chi connectivity index (χ1) is 44.6. The molecule has 0 radical (unpaired) electrons. The maximum absolute atomic E-state index is 5.73. The number of methoxy groups -OCH3 is 1. The number of aromatic nitrogens is 10. The van der Waals surface area contributed by atoms with Crippen LogP contribution in [-0.2, 0) is 28.4 Å². The van der Waals surface area contributed by atoms with Crippen LogP contribution in [0.5, 0.6) is 5.75 Å². The van der Waals surface area contributed by atoms with E-state index in [1.54, 1.807) is 25.7 Å². The van der Waals surface area contributed by atoms with Gasteiger partial charge in [-0.05, 0) is 161 Å². The minimum absolute atomic E-state index is 0. The molecule has 0 spiro atoms. The summed E-state index contributed by atoms with van der Waals surface area (Å²) in [5.74, 6) is 3.78. The van der Waals surface area contributed by atoms with Crippen molar-refractivity contribution in [3.63, 3.8) is 0 Å². The molecule has 22 heteroatoms. The number of fused-ring (bicyclic) bond motifs is 30. The SMILES string of the molecule is C1COCC[NH+]2CCOCCOCC[NH+](CCO1)CCOCCOCC2.COc1ccc([C+]2c3ccc([n-]3)[C+](c3c(C)cc(C)cc3C)c3ccc([n-]3)-c3ccc([n-]3)[C+](c3c(C)cc(C)cc3C)c3ccc2[n-]3)cc1.[Ce].[K+].c1cnn([BH-](n2cccn2)n2cccn2)c1. The normalized spacial score (nSPS) is 17.1. The van der Waals surface area contributed by atoms with Gasteiger partial charge in [-0.15, -0.1) is 11.4 Å². The molecule has 7 aromatic heterocycles. The van der Waals surface area contributed by atoms with Gasteiger partial charge < -0.3 is 76.7 Å². The Morgan fingerprint density at radius 3 is 1.01 bits per heavy atom. The number of ether oxygens (including phenoxy) is 7. The first kappa shape index (κ1) is 71.9. The molecule has 0 aliphatic carbocycles. The van der Waals surface area contributed by atoms with Gasteiger partial charge in [0, 0.05) is 149 Å². The molecular weight excluding hydrogens is 1320 g/mol. The quantitative estimate of drug-likeness (QED) is 0.175. The van der Waals surface area contributed by atoms with Gasteiger partial charge in [-0.2, -0.15) is 0 Å². The Balaban J connectivity index is 0.000000193. The van der Waals surface area contributed by atoms with Crippen LogP contribution in [0.25, 0.3) is 11.4 Å². The largest absolute Gasteiger partial charge is 1.00 e. The fourth-order valence-corrected chi connectivity index (χ4v) is 12.5. The van der Waals surface area contributed by atoms with E-state index in [-0.39, 0.29) is 93.1 Å². The summed E-state index contributed by atoms with van der Waals surface area (Å²) in [5, 5.41) is 12.8. The van der Waals surface area contributed by atoms with Gasteiger partial charge in [0.05, 0.1) is 103 Å². The van der Waals surface area contributed by atoms with Gasteiger partial charge in [0.2, 0.25) is 0 Å². The number of nitrogens with one attached hydrogen (secondary N) is 2. The Morgan fingerprint density at radius 1 is 0.409 bits per heavy atom. The van der Waals surface area contributed by atoms with Crippen LogP contribution in [0.4, 0.5) is 0 Å². The molecule has 3 fully saturated rings. The third kappa shape index (κ3) is 19.0. The molecule has 19 nitrogen and oxygen atoms in total. The van der Waals surface area contributed by atoms with Crippen LogP contribution in [0.1, 0.15) is 84.2 Å². The van der Waals surface area contributed by atoms with Crippen molar-refractivity contribution >= 4 is 7.12 Å². The summed E-state index contributed by atoms with van der Waals surface area (Å²) in [7, 11) is 0.563. The zero-order chi connectivity index (χ0) is 62.9. The van der Waals surface area contributed by atoms with Gasteiger partial charge in [-0.3, -0.25) is 0 Å². The third-order valence-electron chi connectivity index (χ3n) is 16.9. The number of benzene rings is 3. The van der Waals surface area contributed by atoms with E-state index >= 15 is 0 Å². The molecule has 4 aliphatic rings. The Bertz CT molecular complexity index is 3450. The zero-order valence-corrected chi connectivity index (χ0v) is 61.5. The third-order valence-corrected chi connectivity index (χ3v) is 16.9. The monoisotopic (exact) mass is 1410 g/mol. The number of aryl methyl sites for hydroxylation is 6. The van der Waals surface area contributed by atoms with Gasteiger partial charge in [0.15, 0.2) is 0 Å². The minimum Gasteiger partial charge on any atom is -0.644 e. The summed E-state index contributed by atoms with van der Waals surface area (Å²) in [6, 6.07) is 39.6. The Hall–Kier alpha value is -5.42. The van der Waals surface area contributed by atoms with Crippen molar-refractivity contribution in [3.8, 4) is 17.1 Å². The molecule has 10 bridgehead atoms. The summed E-state index contributed by atoms with van der Waals surface area (Å²) in [6.45, 7) is 27.1. The summed E-state index contributed by atoms with van der Waals surface area (Å²) in [5.41, 5.74) is 17.4. The summed E-state index contributed by atoms with van der Waals surface area (Å²) < 4.78 is 45.5. The molecule has 3 aromatic carbocycles. The molecule has 0 saturated carbocycles. The van der Waals surface area contributed by atoms with Crippen molar-refractivity contribution in [2.75, 3.05) is 126 Å². The van der Waals surface area contributed by atoms with Crippen LogP contribution in [0.15, 0.2) is 152 Å². The molecule has 14 rings (SSSR count). The predicted molar refractivity (Wildman–Crippen MR) is 350 cm³/mol. The van der Waals surface area contributed by atoms with E-state index < -0.39 is 7.12 Å². The number of rotatable bonds is 7. The van der Waals surface area contributed by atoms with Gasteiger partial charge >= 0.3 is 58.5 Å². The van der Waals surface area contributed by atoms with Crippen LogP contribution < -0.4 is 85.9 Å². The van der Waals surface area contributed by atoms with Crippen molar-refractivity contribution in [2.45, 2.75) is 41.5 Å². The van der Waals surface area contributed by atoms with E-state index in [0.29, 0.717) is 39.6 Å². The molecule has 2 N–H and O–H groups in total. The Morgan fingerprint density at radius 2 is 0.710 bits per heavy atom.